The van der Waals surface area contributed by atoms with E-state index in [0.29, 0.717) is 0 Å². The first kappa shape index (κ1) is 17.7. The molecular weight excluding hydrogens is 429 g/mol. The van der Waals surface area contributed by atoms with E-state index in [-0.39, 0.29) is 0 Å². The fourth-order valence-corrected chi connectivity index (χ4v) is 4.14. The van der Waals surface area contributed by atoms with Crippen molar-refractivity contribution in [2.75, 3.05) is 20.2 Å². The van der Waals surface area contributed by atoms with E-state index in [9.17, 15) is 0 Å². The van der Waals surface area contributed by atoms with E-state index >= 15 is 0 Å². The summed E-state index contributed by atoms with van der Waals surface area (Å²) in [7, 11) is 2.08. The molecule has 3 aromatic rings. The van der Waals surface area contributed by atoms with Gasteiger partial charge in [-0.25, -0.2) is 0 Å². The molecule has 0 saturated carbocycles. The van der Waals surface area contributed by atoms with Gasteiger partial charge in [0, 0.05) is 39.0 Å². The summed E-state index contributed by atoms with van der Waals surface area (Å²) in [5.41, 5.74) is 2.57. The maximum Gasteiger partial charge on any atom is 0.122 e. The number of aryl methyl sites for hydroxylation is 1. The fraction of sp³-hybridized carbons (Fsp3) is 0.300. The lowest BCUT2D eigenvalue weighted by Gasteiger charge is -2.13. The zero-order chi connectivity index (χ0) is 16.9. The first-order chi connectivity index (χ1) is 11.7. The van der Waals surface area contributed by atoms with Gasteiger partial charge in [0.15, 0.2) is 0 Å². The van der Waals surface area contributed by atoms with Gasteiger partial charge in [-0.2, -0.15) is 0 Å². The Morgan fingerprint density at radius 2 is 1.96 bits per heavy atom. The van der Waals surface area contributed by atoms with Crippen molar-refractivity contribution in [2.45, 2.75) is 19.8 Å². The molecule has 4 heteroatoms. The predicted molar refractivity (Wildman–Crippen MR) is 113 cm³/mol. The Kier molecular flexibility index (Phi) is 6.14. The number of rotatable bonds is 7. The summed E-state index contributed by atoms with van der Waals surface area (Å²) in [5, 5.41) is 1.32. The zero-order valence-corrected chi connectivity index (χ0v) is 17.1. The molecule has 1 aromatic heterocycles. The van der Waals surface area contributed by atoms with Gasteiger partial charge in [-0.15, -0.1) is 11.3 Å². The molecule has 0 aliphatic carbocycles. The summed E-state index contributed by atoms with van der Waals surface area (Å²) in [6.07, 6.45) is 2.03. The lowest BCUT2D eigenvalue weighted by molar-refractivity contribution is 0.300. The standard InChI is InChI=1S/C20H22INOS/c1-3-15-13-17(9-10-18(15)23-12-6-11-22(2)21)20-14-16-7-4-5-8-19(16)24-20/h4-5,7-10,13-14H,3,6,11-12H2,1-2H3. The number of hydrogen-bond acceptors (Lipinski definition) is 3. The third-order valence-electron chi connectivity index (χ3n) is 4.02. The van der Waals surface area contributed by atoms with Crippen LogP contribution in [0.2, 0.25) is 0 Å². The molecule has 0 atom stereocenters. The number of halogens is 1. The van der Waals surface area contributed by atoms with Gasteiger partial charge in [0.05, 0.1) is 6.61 Å². The van der Waals surface area contributed by atoms with E-state index in [1.807, 2.05) is 11.3 Å². The van der Waals surface area contributed by atoms with E-state index in [1.165, 1.54) is 26.1 Å². The van der Waals surface area contributed by atoms with E-state index < -0.39 is 0 Å². The molecule has 2 aromatic carbocycles. The average molecular weight is 451 g/mol. The van der Waals surface area contributed by atoms with Crippen LogP contribution in [0.5, 0.6) is 5.75 Å². The number of thiophene rings is 1. The Bertz CT molecular complexity index is 779. The molecule has 0 N–H and O–H groups in total. The normalized spacial score (nSPS) is 11.3. The van der Waals surface area contributed by atoms with Crippen molar-refractivity contribution in [2.24, 2.45) is 0 Å². The quantitative estimate of drug-likeness (QED) is 0.242. The van der Waals surface area contributed by atoms with Crippen LogP contribution in [0.3, 0.4) is 0 Å². The average Bonchev–Trinajstić information content (AvgIpc) is 3.02. The van der Waals surface area contributed by atoms with Gasteiger partial charge in [-0.3, -0.25) is 3.11 Å². The molecule has 2 nitrogen and oxygen atoms in total. The largest absolute Gasteiger partial charge is 0.493 e. The summed E-state index contributed by atoms with van der Waals surface area (Å²) < 4.78 is 9.50. The van der Waals surface area contributed by atoms with Crippen molar-refractivity contribution in [3.05, 3.63) is 54.1 Å². The van der Waals surface area contributed by atoms with Crippen LogP contribution in [0.1, 0.15) is 18.9 Å². The van der Waals surface area contributed by atoms with Gasteiger partial charge >= 0.3 is 0 Å². The molecule has 0 unspecified atom stereocenters. The van der Waals surface area contributed by atoms with Gasteiger partial charge in [0.25, 0.3) is 0 Å². The number of ether oxygens (including phenoxy) is 1. The molecule has 126 valence electrons. The first-order valence-electron chi connectivity index (χ1n) is 8.29. The second-order valence-electron chi connectivity index (χ2n) is 5.85. The Labute approximate surface area is 161 Å². The zero-order valence-electron chi connectivity index (χ0n) is 14.1. The molecule has 1 heterocycles. The second-order valence-corrected chi connectivity index (χ2v) is 8.59. The summed E-state index contributed by atoms with van der Waals surface area (Å²) in [4.78, 5) is 1.32. The summed E-state index contributed by atoms with van der Waals surface area (Å²) in [5.74, 6) is 1.03. The van der Waals surface area contributed by atoms with Gasteiger partial charge < -0.3 is 4.74 Å². The third kappa shape index (κ3) is 4.29. The van der Waals surface area contributed by atoms with E-state index in [0.717, 1.165) is 31.7 Å². The van der Waals surface area contributed by atoms with Crippen LogP contribution in [-0.4, -0.2) is 23.3 Å². The molecule has 0 spiro atoms. The van der Waals surface area contributed by atoms with Crippen molar-refractivity contribution in [3.63, 3.8) is 0 Å². The highest BCUT2D eigenvalue weighted by Crippen LogP contribution is 2.35. The van der Waals surface area contributed by atoms with Crippen LogP contribution in [0.25, 0.3) is 20.5 Å². The molecule has 0 saturated heterocycles. The third-order valence-corrected chi connectivity index (χ3v) is 5.67. The smallest absolute Gasteiger partial charge is 0.122 e. The van der Waals surface area contributed by atoms with Gasteiger partial charge in [-0.1, -0.05) is 25.1 Å². The van der Waals surface area contributed by atoms with Crippen molar-refractivity contribution in [3.8, 4) is 16.2 Å². The minimum Gasteiger partial charge on any atom is -0.493 e. The van der Waals surface area contributed by atoms with Crippen molar-refractivity contribution < 1.29 is 4.74 Å². The van der Waals surface area contributed by atoms with Crippen LogP contribution in [0.15, 0.2) is 48.5 Å². The Morgan fingerprint density at radius 3 is 2.71 bits per heavy atom. The van der Waals surface area contributed by atoms with Crippen molar-refractivity contribution in [1.82, 2.24) is 3.11 Å². The summed E-state index contributed by atoms with van der Waals surface area (Å²) in [6, 6.07) is 17.4. The molecule has 24 heavy (non-hydrogen) atoms. The highest BCUT2D eigenvalue weighted by Gasteiger charge is 2.08. The maximum atomic E-state index is 6.00. The minimum absolute atomic E-state index is 0.766. The van der Waals surface area contributed by atoms with Crippen molar-refractivity contribution >= 4 is 44.3 Å². The lowest BCUT2D eigenvalue weighted by Crippen LogP contribution is -2.10. The molecule has 0 amide bonds. The van der Waals surface area contributed by atoms with Crippen LogP contribution in [0.4, 0.5) is 0 Å². The monoisotopic (exact) mass is 451 g/mol. The molecular formula is C20H22INOS. The van der Waals surface area contributed by atoms with E-state index in [4.69, 9.17) is 4.74 Å². The number of nitrogens with zero attached hydrogens (tertiary/aromatic N) is 1. The van der Waals surface area contributed by atoms with Crippen LogP contribution in [-0.2, 0) is 6.42 Å². The number of hydrogen-bond donors (Lipinski definition) is 0. The molecule has 0 bridgehead atoms. The topological polar surface area (TPSA) is 12.5 Å². The highest BCUT2D eigenvalue weighted by molar-refractivity contribution is 14.1. The molecule has 3 rings (SSSR count). The Hall–Kier alpha value is -1.11. The highest BCUT2D eigenvalue weighted by atomic mass is 127. The molecule has 0 radical (unpaired) electrons. The fourth-order valence-electron chi connectivity index (χ4n) is 2.74. The number of benzene rings is 2. The SMILES string of the molecule is CCc1cc(-c2cc3ccccc3s2)ccc1OCCCN(C)I. The molecule has 0 aliphatic rings. The van der Waals surface area contributed by atoms with Crippen molar-refractivity contribution in [1.29, 1.82) is 0 Å². The van der Waals surface area contributed by atoms with Gasteiger partial charge in [0.2, 0.25) is 0 Å². The molecule has 0 fully saturated rings. The Balaban J connectivity index is 1.78. The Morgan fingerprint density at radius 1 is 1.12 bits per heavy atom. The predicted octanol–water partition coefficient (Wildman–Crippen LogP) is 6.18. The summed E-state index contributed by atoms with van der Waals surface area (Å²) >= 11 is 4.16. The lowest BCUT2D eigenvalue weighted by atomic mass is 10.1. The van der Waals surface area contributed by atoms with Gasteiger partial charge in [-0.05, 0) is 66.7 Å². The molecule has 0 aliphatic heterocycles. The van der Waals surface area contributed by atoms with Crippen LogP contribution >= 0.6 is 34.2 Å². The van der Waals surface area contributed by atoms with Gasteiger partial charge in [0.1, 0.15) is 5.75 Å². The number of fused-ring (bicyclic) bond motifs is 1. The minimum atomic E-state index is 0.766. The first-order valence-corrected chi connectivity index (χ1v) is 10.1. The second kappa shape index (κ2) is 8.32. The summed E-state index contributed by atoms with van der Waals surface area (Å²) in [6.45, 7) is 4.00. The van der Waals surface area contributed by atoms with Crippen LogP contribution in [0, 0.1) is 0 Å². The van der Waals surface area contributed by atoms with Crippen LogP contribution < -0.4 is 4.74 Å². The van der Waals surface area contributed by atoms with E-state index in [2.05, 4.69) is 88.5 Å². The van der Waals surface area contributed by atoms with E-state index in [1.54, 1.807) is 0 Å². The maximum absolute atomic E-state index is 6.00.